The fourth-order valence-corrected chi connectivity index (χ4v) is 5.09. The second-order valence-corrected chi connectivity index (χ2v) is 9.88. The number of benzene rings is 4. The van der Waals surface area contributed by atoms with Gasteiger partial charge in [0, 0.05) is 51.4 Å². The van der Waals surface area contributed by atoms with Gasteiger partial charge >= 0.3 is 0 Å². The van der Waals surface area contributed by atoms with Crippen molar-refractivity contribution in [3.05, 3.63) is 137 Å². The van der Waals surface area contributed by atoms with E-state index in [2.05, 4.69) is 74.1 Å². The van der Waals surface area contributed by atoms with Gasteiger partial charge in [-0.15, -0.1) is 11.3 Å². The van der Waals surface area contributed by atoms with Crippen molar-refractivity contribution < 1.29 is 4.79 Å². The molecule has 0 bridgehead atoms. The summed E-state index contributed by atoms with van der Waals surface area (Å²) >= 11 is 1.49. The van der Waals surface area contributed by atoms with Gasteiger partial charge in [0.05, 0.1) is 11.9 Å². The Morgan fingerprint density at radius 3 is 2.38 bits per heavy atom. The predicted octanol–water partition coefficient (Wildman–Crippen LogP) is 7.51. The van der Waals surface area contributed by atoms with E-state index in [4.69, 9.17) is 0 Å². The number of amides is 1. The topological polar surface area (TPSA) is 71.3 Å². The van der Waals surface area contributed by atoms with E-state index in [1.807, 2.05) is 66.2 Å². The number of anilines is 2. The molecule has 0 fully saturated rings. The van der Waals surface area contributed by atoms with Crippen molar-refractivity contribution in [2.45, 2.75) is 6.54 Å². The van der Waals surface area contributed by atoms with Crippen LogP contribution in [0.15, 0.2) is 126 Å². The molecule has 0 radical (unpaired) electrons. The first-order valence-electron chi connectivity index (χ1n) is 12.6. The molecule has 6 rings (SSSR count). The summed E-state index contributed by atoms with van der Waals surface area (Å²) in [5.41, 5.74) is 9.70. The summed E-state index contributed by atoms with van der Waals surface area (Å²) in [5, 5.41) is 11.2. The molecule has 0 spiro atoms. The zero-order valence-electron chi connectivity index (χ0n) is 21.0. The number of hydrogen-bond donors (Lipinski definition) is 2. The molecule has 0 atom stereocenters. The molecule has 39 heavy (non-hydrogen) atoms. The van der Waals surface area contributed by atoms with Gasteiger partial charge in [-0.3, -0.25) is 10.2 Å². The third-order valence-electron chi connectivity index (χ3n) is 6.36. The van der Waals surface area contributed by atoms with Gasteiger partial charge in [-0.25, -0.2) is 4.98 Å². The first-order valence-corrected chi connectivity index (χ1v) is 13.4. The molecule has 0 aliphatic heterocycles. The van der Waals surface area contributed by atoms with Crippen LogP contribution in [-0.2, 0) is 6.54 Å². The van der Waals surface area contributed by atoms with Crippen LogP contribution < -0.4 is 10.7 Å². The standard InChI is InChI=1S/C32H25N5OS/c38-31(25-11-5-2-6-12-25)34-27-17-15-24(16-18-27)29-22-39-32(35-29)36-33-19-26-21-37(20-23-9-3-1-4-10-23)30-14-8-7-13-28(26)30/h1-19,21-22H,20H2,(H,34,38)(H,35,36)/b33-19+. The zero-order valence-corrected chi connectivity index (χ0v) is 21.8. The van der Waals surface area contributed by atoms with E-state index in [1.54, 1.807) is 12.1 Å². The Kier molecular flexibility index (Phi) is 6.97. The average Bonchev–Trinajstić information content (AvgIpc) is 3.60. The summed E-state index contributed by atoms with van der Waals surface area (Å²) in [6.45, 7) is 0.799. The summed E-state index contributed by atoms with van der Waals surface area (Å²) in [7, 11) is 0. The Morgan fingerprint density at radius 1 is 0.872 bits per heavy atom. The Labute approximate surface area is 230 Å². The van der Waals surface area contributed by atoms with E-state index in [0.717, 1.165) is 34.4 Å². The fraction of sp³-hybridized carbons (Fsp3) is 0.0312. The number of fused-ring (bicyclic) bond motifs is 1. The number of nitrogens with zero attached hydrogens (tertiary/aromatic N) is 3. The molecular formula is C32H25N5OS. The second-order valence-electron chi connectivity index (χ2n) is 9.02. The number of hydrogen-bond acceptors (Lipinski definition) is 5. The minimum Gasteiger partial charge on any atom is -0.342 e. The highest BCUT2D eigenvalue weighted by molar-refractivity contribution is 7.14. The lowest BCUT2D eigenvalue weighted by atomic mass is 10.1. The Bertz CT molecular complexity index is 1740. The van der Waals surface area contributed by atoms with Gasteiger partial charge in [0.15, 0.2) is 0 Å². The van der Waals surface area contributed by atoms with Gasteiger partial charge in [-0.05, 0) is 35.9 Å². The van der Waals surface area contributed by atoms with E-state index < -0.39 is 0 Å². The largest absolute Gasteiger partial charge is 0.342 e. The molecule has 2 N–H and O–H groups in total. The monoisotopic (exact) mass is 527 g/mol. The number of rotatable bonds is 8. The second kappa shape index (κ2) is 11.2. The summed E-state index contributed by atoms with van der Waals surface area (Å²) in [4.78, 5) is 17.1. The zero-order chi connectivity index (χ0) is 26.4. The smallest absolute Gasteiger partial charge is 0.255 e. The molecule has 2 aromatic heterocycles. The summed E-state index contributed by atoms with van der Waals surface area (Å²) in [6, 6.07) is 35.6. The Hall–Kier alpha value is -5.01. The van der Waals surface area contributed by atoms with Crippen molar-refractivity contribution in [1.29, 1.82) is 0 Å². The van der Waals surface area contributed by atoms with E-state index >= 15 is 0 Å². The molecule has 6 aromatic rings. The lowest BCUT2D eigenvalue weighted by molar-refractivity contribution is 0.102. The van der Waals surface area contributed by atoms with E-state index in [1.165, 1.54) is 22.4 Å². The summed E-state index contributed by atoms with van der Waals surface area (Å²) in [5.74, 6) is -0.135. The molecule has 0 saturated carbocycles. The van der Waals surface area contributed by atoms with Crippen LogP contribution in [0.4, 0.5) is 10.8 Å². The van der Waals surface area contributed by atoms with E-state index in [9.17, 15) is 4.79 Å². The highest BCUT2D eigenvalue weighted by Crippen LogP contribution is 2.26. The predicted molar refractivity (Wildman–Crippen MR) is 161 cm³/mol. The van der Waals surface area contributed by atoms with Crippen molar-refractivity contribution in [3.63, 3.8) is 0 Å². The van der Waals surface area contributed by atoms with Crippen LogP contribution in [0.25, 0.3) is 22.2 Å². The van der Waals surface area contributed by atoms with Gasteiger partial charge < -0.3 is 9.88 Å². The third kappa shape index (κ3) is 5.63. The summed E-state index contributed by atoms with van der Waals surface area (Å²) in [6.07, 6.45) is 3.98. The van der Waals surface area contributed by atoms with Gasteiger partial charge in [-0.1, -0.05) is 78.9 Å². The molecule has 0 aliphatic carbocycles. The van der Waals surface area contributed by atoms with Crippen molar-refractivity contribution in [1.82, 2.24) is 9.55 Å². The molecular weight excluding hydrogens is 502 g/mol. The molecule has 1 amide bonds. The normalized spacial score (nSPS) is 11.2. The van der Waals surface area contributed by atoms with Crippen LogP contribution in [0.3, 0.4) is 0 Å². The van der Waals surface area contributed by atoms with Crippen LogP contribution >= 0.6 is 11.3 Å². The molecule has 4 aromatic carbocycles. The maximum atomic E-state index is 12.4. The molecule has 6 nitrogen and oxygen atoms in total. The number of carbonyl (C=O) groups is 1. The first kappa shape index (κ1) is 24.3. The molecule has 2 heterocycles. The quantitative estimate of drug-likeness (QED) is 0.159. The lowest BCUT2D eigenvalue weighted by Gasteiger charge is -2.06. The van der Waals surface area contributed by atoms with Gasteiger partial charge in [0.1, 0.15) is 0 Å². The number of hydrazone groups is 1. The van der Waals surface area contributed by atoms with Crippen LogP contribution in [0.1, 0.15) is 21.5 Å². The summed E-state index contributed by atoms with van der Waals surface area (Å²) < 4.78 is 2.25. The number of nitrogens with one attached hydrogen (secondary N) is 2. The Morgan fingerprint density at radius 2 is 1.59 bits per heavy atom. The van der Waals surface area contributed by atoms with Crippen molar-refractivity contribution in [3.8, 4) is 11.3 Å². The fourth-order valence-electron chi connectivity index (χ4n) is 4.42. The van der Waals surface area contributed by atoms with Crippen molar-refractivity contribution in [2.75, 3.05) is 10.7 Å². The number of carbonyl (C=O) groups excluding carboxylic acids is 1. The lowest BCUT2D eigenvalue weighted by Crippen LogP contribution is -2.11. The highest BCUT2D eigenvalue weighted by Gasteiger charge is 2.09. The van der Waals surface area contributed by atoms with Crippen molar-refractivity contribution >= 4 is 45.2 Å². The van der Waals surface area contributed by atoms with Crippen LogP contribution in [0.2, 0.25) is 0 Å². The number of thiazole rings is 1. The van der Waals surface area contributed by atoms with E-state index in [0.29, 0.717) is 10.7 Å². The van der Waals surface area contributed by atoms with Crippen molar-refractivity contribution in [2.24, 2.45) is 5.10 Å². The maximum Gasteiger partial charge on any atom is 0.255 e. The van der Waals surface area contributed by atoms with Crippen LogP contribution in [-0.4, -0.2) is 21.7 Å². The minimum atomic E-state index is -0.135. The number of para-hydroxylation sites is 1. The first-order chi connectivity index (χ1) is 19.2. The van der Waals surface area contributed by atoms with Gasteiger partial charge in [-0.2, -0.15) is 5.10 Å². The van der Waals surface area contributed by atoms with Crippen LogP contribution in [0.5, 0.6) is 0 Å². The molecule has 0 aliphatic rings. The number of aromatic nitrogens is 2. The van der Waals surface area contributed by atoms with Gasteiger partial charge in [0.25, 0.3) is 5.91 Å². The highest BCUT2D eigenvalue weighted by atomic mass is 32.1. The Balaban J connectivity index is 1.12. The molecule has 0 unspecified atom stereocenters. The third-order valence-corrected chi connectivity index (χ3v) is 7.10. The SMILES string of the molecule is O=C(Nc1ccc(-c2csc(N/N=C/c3cn(Cc4ccccc4)c4ccccc34)n2)cc1)c1ccccc1. The average molecular weight is 528 g/mol. The minimum absolute atomic E-state index is 0.135. The maximum absolute atomic E-state index is 12.4. The molecule has 190 valence electrons. The van der Waals surface area contributed by atoms with Gasteiger partial charge in [0.2, 0.25) is 5.13 Å². The van der Waals surface area contributed by atoms with Crippen LogP contribution in [0, 0.1) is 0 Å². The molecule has 7 heteroatoms. The molecule has 0 saturated heterocycles. The van der Waals surface area contributed by atoms with E-state index in [-0.39, 0.29) is 5.91 Å².